The highest BCUT2D eigenvalue weighted by molar-refractivity contribution is 6.31. The van der Waals surface area contributed by atoms with E-state index in [9.17, 15) is 9.59 Å². The summed E-state index contributed by atoms with van der Waals surface area (Å²) in [5.74, 6) is 0.0359. The number of amides is 2. The first-order valence-electron chi connectivity index (χ1n) is 8.81. The molecule has 1 aliphatic heterocycles. The Labute approximate surface area is 164 Å². The maximum Gasteiger partial charge on any atom is 0.271 e. The summed E-state index contributed by atoms with van der Waals surface area (Å²) in [6.45, 7) is 8.89. The van der Waals surface area contributed by atoms with Gasteiger partial charge in [0.15, 0.2) is 5.60 Å². The summed E-state index contributed by atoms with van der Waals surface area (Å²) < 4.78 is 5.86. The molecule has 0 spiro atoms. The van der Waals surface area contributed by atoms with E-state index in [-0.39, 0.29) is 11.8 Å². The molecular formula is C21H23ClN2O3. The molecular weight excluding hydrogens is 364 g/mol. The maximum absolute atomic E-state index is 13.0. The molecule has 1 N–H and O–H groups in total. The zero-order valence-corrected chi connectivity index (χ0v) is 16.8. The number of carbonyl (C=O) groups is 2. The van der Waals surface area contributed by atoms with Crippen LogP contribution in [0.2, 0.25) is 5.02 Å². The van der Waals surface area contributed by atoms with Crippen LogP contribution in [-0.4, -0.2) is 23.5 Å². The number of carbonyl (C=O) groups excluding carboxylic acids is 2. The average Bonchev–Trinajstić information content (AvgIpc) is 2.60. The molecule has 5 nitrogen and oxygen atoms in total. The van der Waals surface area contributed by atoms with Gasteiger partial charge in [0.05, 0.1) is 5.69 Å². The summed E-state index contributed by atoms with van der Waals surface area (Å²) in [4.78, 5) is 27.5. The van der Waals surface area contributed by atoms with Crippen LogP contribution in [0.4, 0.5) is 11.4 Å². The van der Waals surface area contributed by atoms with Gasteiger partial charge in [-0.2, -0.15) is 0 Å². The summed E-state index contributed by atoms with van der Waals surface area (Å²) in [6.07, 6.45) is 0. The minimum Gasteiger partial charge on any atom is -0.476 e. The number of anilines is 2. The van der Waals surface area contributed by atoms with Crippen LogP contribution < -0.4 is 15.0 Å². The SMILES string of the molecule is Cc1ccc2c(c1)N(C(C)C(=O)Nc1cccc(Cl)c1C)C(=O)C(C)(C)O2. The van der Waals surface area contributed by atoms with Gasteiger partial charge in [0.1, 0.15) is 11.8 Å². The van der Waals surface area contributed by atoms with Crippen molar-refractivity contribution in [3.05, 3.63) is 52.5 Å². The van der Waals surface area contributed by atoms with E-state index in [4.69, 9.17) is 16.3 Å². The van der Waals surface area contributed by atoms with Gasteiger partial charge in [-0.05, 0) is 70.0 Å². The predicted molar refractivity (Wildman–Crippen MR) is 108 cm³/mol. The van der Waals surface area contributed by atoms with Crippen molar-refractivity contribution >= 4 is 34.8 Å². The van der Waals surface area contributed by atoms with Gasteiger partial charge >= 0.3 is 0 Å². The van der Waals surface area contributed by atoms with Crippen LogP contribution in [0.1, 0.15) is 31.9 Å². The van der Waals surface area contributed by atoms with Crippen LogP contribution in [0.3, 0.4) is 0 Å². The second kappa shape index (κ2) is 6.89. The van der Waals surface area contributed by atoms with Crippen LogP contribution in [0.25, 0.3) is 0 Å². The molecule has 6 heteroatoms. The summed E-state index contributed by atoms with van der Waals surface area (Å²) in [5.41, 5.74) is 1.94. The van der Waals surface area contributed by atoms with Crippen molar-refractivity contribution in [2.75, 3.05) is 10.2 Å². The lowest BCUT2D eigenvalue weighted by molar-refractivity contribution is -0.134. The molecule has 3 rings (SSSR count). The molecule has 0 aliphatic carbocycles. The first-order chi connectivity index (χ1) is 12.6. The second-order valence-electron chi connectivity index (χ2n) is 7.34. The molecule has 1 heterocycles. The number of rotatable bonds is 3. The van der Waals surface area contributed by atoms with E-state index >= 15 is 0 Å². The summed E-state index contributed by atoms with van der Waals surface area (Å²) >= 11 is 6.14. The molecule has 1 atom stereocenters. The van der Waals surface area contributed by atoms with Gasteiger partial charge in [-0.25, -0.2) is 0 Å². The molecule has 0 saturated carbocycles. The molecule has 0 fully saturated rings. The fraction of sp³-hybridized carbons (Fsp3) is 0.333. The number of aryl methyl sites for hydroxylation is 1. The van der Waals surface area contributed by atoms with Crippen molar-refractivity contribution in [3.8, 4) is 5.75 Å². The van der Waals surface area contributed by atoms with Gasteiger partial charge in [0.25, 0.3) is 5.91 Å². The minimum atomic E-state index is -1.05. The molecule has 2 aromatic rings. The molecule has 0 bridgehead atoms. The first kappa shape index (κ1) is 19.2. The fourth-order valence-corrected chi connectivity index (χ4v) is 3.28. The molecule has 0 saturated heterocycles. The number of nitrogens with zero attached hydrogens (tertiary/aromatic N) is 1. The third kappa shape index (κ3) is 3.52. The molecule has 2 amide bonds. The Morgan fingerprint density at radius 1 is 1.22 bits per heavy atom. The first-order valence-corrected chi connectivity index (χ1v) is 9.19. The van der Waals surface area contributed by atoms with Crippen LogP contribution in [0.15, 0.2) is 36.4 Å². The number of ether oxygens (including phenoxy) is 1. The van der Waals surface area contributed by atoms with Gasteiger partial charge in [0, 0.05) is 10.7 Å². The van der Waals surface area contributed by atoms with E-state index in [1.54, 1.807) is 39.0 Å². The molecule has 1 aliphatic rings. The van der Waals surface area contributed by atoms with Crippen molar-refractivity contribution in [2.45, 2.75) is 46.3 Å². The zero-order chi connectivity index (χ0) is 19.9. The Morgan fingerprint density at radius 2 is 1.93 bits per heavy atom. The topological polar surface area (TPSA) is 58.6 Å². The predicted octanol–water partition coefficient (Wildman–Crippen LogP) is 4.49. The van der Waals surface area contributed by atoms with E-state index in [0.29, 0.717) is 22.1 Å². The van der Waals surface area contributed by atoms with E-state index in [0.717, 1.165) is 11.1 Å². The van der Waals surface area contributed by atoms with E-state index in [2.05, 4.69) is 5.32 Å². The third-order valence-electron chi connectivity index (χ3n) is 4.77. The second-order valence-corrected chi connectivity index (χ2v) is 7.74. The number of nitrogens with one attached hydrogen (secondary N) is 1. The van der Waals surface area contributed by atoms with Crippen molar-refractivity contribution in [2.24, 2.45) is 0 Å². The van der Waals surface area contributed by atoms with Crippen molar-refractivity contribution in [1.82, 2.24) is 0 Å². The monoisotopic (exact) mass is 386 g/mol. The van der Waals surface area contributed by atoms with Crippen LogP contribution in [0, 0.1) is 13.8 Å². The molecule has 1 unspecified atom stereocenters. The number of benzene rings is 2. The average molecular weight is 387 g/mol. The Bertz CT molecular complexity index is 924. The number of halogens is 1. The van der Waals surface area contributed by atoms with Crippen molar-refractivity contribution in [3.63, 3.8) is 0 Å². The summed E-state index contributed by atoms with van der Waals surface area (Å²) in [6, 6.07) is 10.2. The lowest BCUT2D eigenvalue weighted by Gasteiger charge is -2.41. The third-order valence-corrected chi connectivity index (χ3v) is 5.17. The fourth-order valence-electron chi connectivity index (χ4n) is 3.10. The molecule has 27 heavy (non-hydrogen) atoms. The Balaban J connectivity index is 1.96. The highest BCUT2D eigenvalue weighted by atomic mass is 35.5. The van der Waals surface area contributed by atoms with Crippen molar-refractivity contribution in [1.29, 1.82) is 0 Å². The molecule has 142 valence electrons. The largest absolute Gasteiger partial charge is 0.476 e. The smallest absolute Gasteiger partial charge is 0.271 e. The van der Waals surface area contributed by atoms with Crippen LogP contribution in [-0.2, 0) is 9.59 Å². The van der Waals surface area contributed by atoms with Crippen LogP contribution >= 0.6 is 11.6 Å². The van der Waals surface area contributed by atoms with Gasteiger partial charge in [-0.1, -0.05) is 23.7 Å². The quantitative estimate of drug-likeness (QED) is 0.845. The maximum atomic E-state index is 13.0. The summed E-state index contributed by atoms with van der Waals surface area (Å²) in [5, 5.41) is 3.46. The lowest BCUT2D eigenvalue weighted by atomic mass is 10.0. The molecule has 2 aromatic carbocycles. The number of fused-ring (bicyclic) bond motifs is 1. The van der Waals surface area contributed by atoms with Gasteiger partial charge in [-0.3, -0.25) is 14.5 Å². The summed E-state index contributed by atoms with van der Waals surface area (Å²) in [7, 11) is 0. The minimum absolute atomic E-state index is 0.258. The van der Waals surface area contributed by atoms with E-state index in [1.807, 2.05) is 32.0 Å². The van der Waals surface area contributed by atoms with Gasteiger partial charge < -0.3 is 10.1 Å². The zero-order valence-electron chi connectivity index (χ0n) is 16.1. The Kier molecular flexibility index (Phi) is 4.91. The van der Waals surface area contributed by atoms with Crippen LogP contribution in [0.5, 0.6) is 5.75 Å². The number of hydrogen-bond acceptors (Lipinski definition) is 3. The highest BCUT2D eigenvalue weighted by Crippen LogP contribution is 2.39. The standard InChI is InChI=1S/C21H23ClN2O3/c1-12-9-10-18-17(11-12)24(20(26)21(4,5)27-18)14(3)19(25)23-16-8-6-7-15(22)13(16)2/h6-11,14H,1-5H3,(H,23,25). The van der Waals surface area contributed by atoms with E-state index < -0.39 is 11.6 Å². The lowest BCUT2D eigenvalue weighted by Crippen LogP contribution is -2.57. The van der Waals surface area contributed by atoms with E-state index in [1.165, 1.54) is 4.90 Å². The normalized spacial score (nSPS) is 16.4. The van der Waals surface area contributed by atoms with Gasteiger partial charge in [-0.15, -0.1) is 0 Å². The highest BCUT2D eigenvalue weighted by Gasteiger charge is 2.44. The van der Waals surface area contributed by atoms with Gasteiger partial charge in [0.2, 0.25) is 5.91 Å². The Morgan fingerprint density at radius 3 is 2.63 bits per heavy atom. The molecule has 0 aromatic heterocycles. The Hall–Kier alpha value is -2.53. The van der Waals surface area contributed by atoms with Crippen molar-refractivity contribution < 1.29 is 14.3 Å². The number of hydrogen-bond donors (Lipinski definition) is 1. The molecule has 0 radical (unpaired) electrons.